The third-order valence-corrected chi connectivity index (χ3v) is 3.16. The first-order valence-corrected chi connectivity index (χ1v) is 5.89. The highest BCUT2D eigenvalue weighted by Gasteiger charge is 2.28. The quantitative estimate of drug-likeness (QED) is 0.808. The predicted molar refractivity (Wildman–Crippen MR) is 69.6 cm³/mol. The van der Waals surface area contributed by atoms with Gasteiger partial charge in [0.2, 0.25) is 5.91 Å². The van der Waals surface area contributed by atoms with Crippen LogP contribution in [0.2, 0.25) is 0 Å². The lowest BCUT2D eigenvalue weighted by molar-refractivity contribution is -0.120. The highest BCUT2D eigenvalue weighted by atomic mass is 19.1. The van der Waals surface area contributed by atoms with E-state index in [1.807, 2.05) is 0 Å². The third kappa shape index (κ3) is 1.72. The maximum Gasteiger partial charge on any atom is 0.328 e. The molecule has 0 spiro atoms. The molecular weight excluding hydrogens is 263 g/mol. The number of furan rings is 1. The summed E-state index contributed by atoms with van der Waals surface area (Å²) in [5.74, 6) is 1.27. The Morgan fingerprint density at radius 3 is 2.90 bits per heavy atom. The van der Waals surface area contributed by atoms with Gasteiger partial charge in [0.15, 0.2) is 5.82 Å². The normalized spacial score (nSPS) is 15.3. The minimum Gasteiger partial charge on any atom is -0.462 e. The molecule has 2 heterocycles. The molecule has 1 aliphatic heterocycles. The van der Waals surface area contributed by atoms with Crippen LogP contribution in [-0.4, -0.2) is 18.5 Å². The van der Waals surface area contributed by atoms with Gasteiger partial charge < -0.3 is 4.42 Å². The molecule has 20 heavy (non-hydrogen) atoms. The molecule has 1 fully saturated rings. The van der Waals surface area contributed by atoms with Crippen LogP contribution in [0.1, 0.15) is 12.0 Å². The molecule has 1 N–H and O–H groups in total. The SMILES string of the molecule is C#Cc1ccc2occ(N3CCC(=O)NC3=O)c2c1F. The Kier molecular flexibility index (Phi) is 2.68. The monoisotopic (exact) mass is 272 g/mol. The van der Waals surface area contributed by atoms with Crippen molar-refractivity contribution in [3.8, 4) is 12.3 Å². The van der Waals surface area contributed by atoms with Crippen molar-refractivity contribution < 1.29 is 18.4 Å². The fraction of sp³-hybridized carbons (Fsp3) is 0.143. The highest BCUT2D eigenvalue weighted by Crippen LogP contribution is 2.33. The number of hydrogen-bond acceptors (Lipinski definition) is 3. The lowest BCUT2D eigenvalue weighted by Crippen LogP contribution is -2.49. The fourth-order valence-electron chi connectivity index (χ4n) is 2.18. The number of halogens is 1. The number of terminal acetylenes is 1. The van der Waals surface area contributed by atoms with Gasteiger partial charge in [-0.05, 0) is 12.1 Å². The van der Waals surface area contributed by atoms with Crippen molar-refractivity contribution in [3.63, 3.8) is 0 Å². The number of carbonyl (C=O) groups excluding carboxylic acids is 2. The summed E-state index contributed by atoms with van der Waals surface area (Å²) in [6, 6.07) is 2.38. The van der Waals surface area contributed by atoms with Crippen molar-refractivity contribution in [1.82, 2.24) is 5.32 Å². The van der Waals surface area contributed by atoms with Crippen LogP contribution in [0, 0.1) is 18.2 Å². The number of amides is 3. The molecule has 5 nitrogen and oxygen atoms in total. The molecule has 6 heteroatoms. The smallest absolute Gasteiger partial charge is 0.328 e. The Hall–Kier alpha value is -2.81. The topological polar surface area (TPSA) is 62.6 Å². The van der Waals surface area contributed by atoms with Crippen molar-refractivity contribution in [2.45, 2.75) is 6.42 Å². The van der Waals surface area contributed by atoms with E-state index in [0.29, 0.717) is 5.58 Å². The van der Waals surface area contributed by atoms with Gasteiger partial charge in [0, 0.05) is 13.0 Å². The van der Waals surface area contributed by atoms with E-state index >= 15 is 0 Å². The van der Waals surface area contributed by atoms with Gasteiger partial charge in [0.1, 0.15) is 11.8 Å². The molecule has 1 aliphatic rings. The summed E-state index contributed by atoms with van der Waals surface area (Å²) < 4.78 is 19.5. The summed E-state index contributed by atoms with van der Waals surface area (Å²) >= 11 is 0. The van der Waals surface area contributed by atoms with E-state index in [1.54, 1.807) is 6.07 Å². The Bertz CT molecular complexity index is 773. The summed E-state index contributed by atoms with van der Waals surface area (Å²) in [7, 11) is 0. The van der Waals surface area contributed by atoms with Crippen molar-refractivity contribution in [2.75, 3.05) is 11.4 Å². The van der Waals surface area contributed by atoms with Crippen LogP contribution in [-0.2, 0) is 4.79 Å². The first-order chi connectivity index (χ1) is 9.61. The molecule has 0 atom stereocenters. The molecule has 1 aromatic heterocycles. The lowest BCUT2D eigenvalue weighted by Gasteiger charge is -2.25. The number of urea groups is 1. The molecule has 1 saturated heterocycles. The zero-order valence-electron chi connectivity index (χ0n) is 10.3. The van der Waals surface area contributed by atoms with Crippen molar-refractivity contribution in [3.05, 3.63) is 29.8 Å². The minimum absolute atomic E-state index is 0.0913. The first-order valence-electron chi connectivity index (χ1n) is 5.89. The molecule has 3 rings (SSSR count). The summed E-state index contributed by atoms with van der Waals surface area (Å²) in [4.78, 5) is 24.2. The minimum atomic E-state index is -0.613. The molecule has 0 aliphatic carbocycles. The van der Waals surface area contributed by atoms with Gasteiger partial charge in [0.05, 0.1) is 16.6 Å². The van der Waals surface area contributed by atoms with E-state index < -0.39 is 11.8 Å². The number of rotatable bonds is 1. The summed E-state index contributed by atoms with van der Waals surface area (Å²) in [6.07, 6.45) is 6.66. The van der Waals surface area contributed by atoms with Crippen molar-refractivity contribution in [2.24, 2.45) is 0 Å². The van der Waals surface area contributed by atoms with Crippen LogP contribution >= 0.6 is 0 Å². The molecule has 2 aromatic rings. The zero-order chi connectivity index (χ0) is 14.3. The number of fused-ring (bicyclic) bond motifs is 1. The summed E-state index contributed by atoms with van der Waals surface area (Å²) in [6.45, 7) is 0.166. The number of benzene rings is 1. The Labute approximate surface area is 113 Å². The molecule has 3 amide bonds. The van der Waals surface area contributed by atoms with E-state index in [0.717, 1.165) is 0 Å². The first kappa shape index (κ1) is 12.2. The van der Waals surface area contributed by atoms with Gasteiger partial charge >= 0.3 is 6.03 Å². The second kappa shape index (κ2) is 4.38. The van der Waals surface area contributed by atoms with E-state index in [9.17, 15) is 14.0 Å². The van der Waals surface area contributed by atoms with Crippen LogP contribution in [0.4, 0.5) is 14.9 Å². The predicted octanol–water partition coefficient (Wildman–Crippen LogP) is 2.00. The molecular formula is C14H9FN2O3. The lowest BCUT2D eigenvalue weighted by atomic mass is 10.1. The van der Waals surface area contributed by atoms with Gasteiger partial charge in [-0.25, -0.2) is 9.18 Å². The second-order valence-corrected chi connectivity index (χ2v) is 4.32. The standard InChI is InChI=1S/C14H9FN2O3/c1-2-8-3-4-10-12(13(8)15)9(7-20-10)17-6-5-11(18)16-14(17)19/h1,3-4,7H,5-6H2,(H,16,18,19). The molecule has 0 unspecified atom stereocenters. The maximum atomic E-state index is 14.3. The largest absolute Gasteiger partial charge is 0.462 e. The molecule has 100 valence electrons. The Balaban J connectivity index is 2.15. The van der Waals surface area contributed by atoms with Crippen LogP contribution in [0.5, 0.6) is 0 Å². The Morgan fingerprint density at radius 1 is 1.40 bits per heavy atom. The van der Waals surface area contributed by atoms with Crippen LogP contribution in [0.15, 0.2) is 22.8 Å². The fourth-order valence-corrected chi connectivity index (χ4v) is 2.18. The number of imide groups is 1. The number of nitrogens with one attached hydrogen (secondary N) is 1. The molecule has 1 aromatic carbocycles. The van der Waals surface area contributed by atoms with Gasteiger partial charge in [-0.15, -0.1) is 6.42 Å². The van der Waals surface area contributed by atoms with Gasteiger partial charge in [-0.1, -0.05) is 5.92 Å². The van der Waals surface area contributed by atoms with Crippen LogP contribution in [0.25, 0.3) is 11.0 Å². The molecule has 0 bridgehead atoms. The van der Waals surface area contributed by atoms with Crippen molar-refractivity contribution in [1.29, 1.82) is 0 Å². The van der Waals surface area contributed by atoms with E-state index in [2.05, 4.69) is 11.2 Å². The van der Waals surface area contributed by atoms with Gasteiger partial charge in [-0.3, -0.25) is 15.0 Å². The van der Waals surface area contributed by atoms with Crippen LogP contribution < -0.4 is 10.2 Å². The Morgan fingerprint density at radius 2 is 2.20 bits per heavy atom. The van der Waals surface area contributed by atoms with Gasteiger partial charge in [-0.2, -0.15) is 0 Å². The summed E-state index contributed by atoms with van der Waals surface area (Å²) in [5.41, 5.74) is 0.648. The highest BCUT2D eigenvalue weighted by molar-refractivity contribution is 6.09. The number of nitrogens with zero attached hydrogens (tertiary/aromatic N) is 1. The number of carbonyl (C=O) groups is 2. The number of hydrogen-bond donors (Lipinski definition) is 1. The zero-order valence-corrected chi connectivity index (χ0v) is 10.3. The number of anilines is 1. The maximum absolute atomic E-state index is 14.3. The van der Waals surface area contributed by atoms with Crippen molar-refractivity contribution >= 4 is 28.6 Å². The molecule has 0 saturated carbocycles. The van der Waals surface area contributed by atoms with Gasteiger partial charge in [0.25, 0.3) is 0 Å². The third-order valence-electron chi connectivity index (χ3n) is 3.16. The molecule has 0 radical (unpaired) electrons. The average molecular weight is 272 g/mol. The van der Waals surface area contributed by atoms with Crippen LogP contribution in [0.3, 0.4) is 0 Å². The summed E-state index contributed by atoms with van der Waals surface area (Å²) in [5, 5.41) is 2.32. The second-order valence-electron chi connectivity index (χ2n) is 4.32. The average Bonchev–Trinajstić information content (AvgIpc) is 2.84. The van der Waals surface area contributed by atoms with E-state index in [4.69, 9.17) is 10.8 Å². The van der Waals surface area contributed by atoms with E-state index in [-0.39, 0.29) is 35.5 Å². The van der Waals surface area contributed by atoms with E-state index in [1.165, 1.54) is 17.2 Å².